The summed E-state index contributed by atoms with van der Waals surface area (Å²) >= 11 is 0. The molecule has 0 aromatic carbocycles. The van der Waals surface area contributed by atoms with Crippen LogP contribution in [0.5, 0.6) is 0 Å². The van der Waals surface area contributed by atoms with Gasteiger partial charge >= 0.3 is 0 Å². The summed E-state index contributed by atoms with van der Waals surface area (Å²) in [6.07, 6.45) is 4.04. The Labute approximate surface area is 102 Å². The van der Waals surface area contributed by atoms with Crippen LogP contribution in [0, 0.1) is 5.41 Å². The lowest BCUT2D eigenvalue weighted by molar-refractivity contribution is 0.0723. The molecule has 0 aliphatic heterocycles. The van der Waals surface area contributed by atoms with Gasteiger partial charge in [-0.2, -0.15) is 0 Å². The third kappa shape index (κ3) is 3.46. The molecule has 2 atom stereocenters. The second-order valence-electron chi connectivity index (χ2n) is 5.86. The number of nitrogens with zero attached hydrogens (tertiary/aromatic N) is 1. The highest BCUT2D eigenvalue weighted by molar-refractivity contribution is 4.93. The lowest BCUT2D eigenvalue weighted by Gasteiger charge is -2.46. The minimum absolute atomic E-state index is 0.527. The van der Waals surface area contributed by atoms with Gasteiger partial charge in [0.2, 0.25) is 0 Å². The van der Waals surface area contributed by atoms with E-state index in [0.717, 1.165) is 12.6 Å². The number of rotatable bonds is 5. The highest BCUT2D eigenvalue weighted by Gasteiger charge is 2.36. The van der Waals surface area contributed by atoms with E-state index in [1.54, 1.807) is 0 Å². The van der Waals surface area contributed by atoms with Gasteiger partial charge in [-0.1, -0.05) is 34.6 Å². The van der Waals surface area contributed by atoms with Gasteiger partial charge in [0.05, 0.1) is 0 Å². The minimum atomic E-state index is 0.527. The third-order valence-electron chi connectivity index (χ3n) is 4.11. The Morgan fingerprint density at radius 2 is 1.81 bits per heavy atom. The van der Waals surface area contributed by atoms with Crippen LogP contribution in [0.3, 0.4) is 0 Å². The molecule has 1 N–H and O–H groups in total. The van der Waals surface area contributed by atoms with Gasteiger partial charge in [-0.15, -0.1) is 0 Å². The second-order valence-corrected chi connectivity index (χ2v) is 5.86. The predicted molar refractivity (Wildman–Crippen MR) is 71.8 cm³/mol. The van der Waals surface area contributed by atoms with Crippen molar-refractivity contribution in [3.8, 4) is 0 Å². The van der Waals surface area contributed by atoms with E-state index in [2.05, 4.69) is 44.8 Å². The average molecular weight is 226 g/mol. The smallest absolute Gasteiger partial charge is 0.0254 e. The Morgan fingerprint density at radius 3 is 2.31 bits per heavy atom. The van der Waals surface area contributed by atoms with Crippen LogP contribution >= 0.6 is 0 Å². The Bertz CT molecular complexity index is 197. The van der Waals surface area contributed by atoms with Crippen molar-refractivity contribution in [2.24, 2.45) is 5.41 Å². The van der Waals surface area contributed by atoms with Gasteiger partial charge in [0, 0.05) is 12.1 Å². The summed E-state index contributed by atoms with van der Waals surface area (Å²) in [5.74, 6) is 0. The van der Waals surface area contributed by atoms with E-state index in [4.69, 9.17) is 0 Å². The standard InChI is InChI=1S/C14H30N2/c1-6-15-12-9-10-14(4,5)11-13(12)16(7-2)8-3/h12-13,15H,6-11H2,1-5H3. The first-order chi connectivity index (χ1) is 7.54. The van der Waals surface area contributed by atoms with Crippen molar-refractivity contribution >= 4 is 0 Å². The van der Waals surface area contributed by atoms with E-state index in [1.165, 1.54) is 32.4 Å². The van der Waals surface area contributed by atoms with Gasteiger partial charge in [-0.3, -0.25) is 4.90 Å². The van der Waals surface area contributed by atoms with Crippen LogP contribution in [0.25, 0.3) is 0 Å². The number of hydrogen-bond acceptors (Lipinski definition) is 2. The fourth-order valence-corrected chi connectivity index (χ4v) is 3.13. The Hall–Kier alpha value is -0.0800. The number of likely N-dealkylation sites (N-methyl/N-ethyl adjacent to an activating group) is 2. The van der Waals surface area contributed by atoms with Crippen LogP contribution < -0.4 is 5.32 Å². The molecule has 0 spiro atoms. The summed E-state index contributed by atoms with van der Waals surface area (Å²) in [6, 6.07) is 1.44. The maximum Gasteiger partial charge on any atom is 0.0254 e. The first-order valence-corrected chi connectivity index (χ1v) is 7.01. The average Bonchev–Trinajstić information content (AvgIpc) is 2.23. The fourth-order valence-electron chi connectivity index (χ4n) is 3.13. The number of hydrogen-bond donors (Lipinski definition) is 1. The van der Waals surface area contributed by atoms with Crippen molar-refractivity contribution in [1.29, 1.82) is 0 Å². The monoisotopic (exact) mass is 226 g/mol. The van der Waals surface area contributed by atoms with Crippen LogP contribution in [-0.2, 0) is 0 Å². The van der Waals surface area contributed by atoms with E-state index in [9.17, 15) is 0 Å². The van der Waals surface area contributed by atoms with Gasteiger partial charge < -0.3 is 5.32 Å². The SMILES string of the molecule is CCNC1CCC(C)(C)CC1N(CC)CC. The largest absolute Gasteiger partial charge is 0.313 e. The molecule has 1 rings (SSSR count). The zero-order valence-corrected chi connectivity index (χ0v) is 11.8. The summed E-state index contributed by atoms with van der Waals surface area (Å²) < 4.78 is 0. The molecule has 0 aromatic heterocycles. The molecule has 96 valence electrons. The Balaban J connectivity index is 2.70. The van der Waals surface area contributed by atoms with E-state index in [0.29, 0.717) is 11.5 Å². The Kier molecular flexibility index (Phi) is 5.26. The molecule has 0 heterocycles. The molecule has 0 aromatic rings. The highest BCUT2D eigenvalue weighted by Crippen LogP contribution is 2.37. The molecule has 0 radical (unpaired) electrons. The van der Waals surface area contributed by atoms with Crippen molar-refractivity contribution in [3.05, 3.63) is 0 Å². The van der Waals surface area contributed by atoms with Crippen LogP contribution in [0.4, 0.5) is 0 Å². The lowest BCUT2D eigenvalue weighted by atomic mass is 9.72. The van der Waals surface area contributed by atoms with Crippen molar-refractivity contribution < 1.29 is 0 Å². The minimum Gasteiger partial charge on any atom is -0.313 e. The van der Waals surface area contributed by atoms with E-state index in [1.807, 2.05) is 0 Å². The molecule has 0 bridgehead atoms. The zero-order valence-electron chi connectivity index (χ0n) is 11.8. The molecule has 1 aliphatic rings. The van der Waals surface area contributed by atoms with Crippen molar-refractivity contribution in [2.75, 3.05) is 19.6 Å². The first-order valence-electron chi connectivity index (χ1n) is 7.01. The molecular formula is C14H30N2. The van der Waals surface area contributed by atoms with E-state index < -0.39 is 0 Å². The van der Waals surface area contributed by atoms with Crippen LogP contribution in [0.2, 0.25) is 0 Å². The highest BCUT2D eigenvalue weighted by atomic mass is 15.2. The molecular weight excluding hydrogens is 196 g/mol. The van der Waals surface area contributed by atoms with Gasteiger partial charge in [0.1, 0.15) is 0 Å². The normalized spacial score (nSPS) is 29.6. The molecule has 0 saturated heterocycles. The summed E-state index contributed by atoms with van der Waals surface area (Å²) in [7, 11) is 0. The van der Waals surface area contributed by atoms with Gasteiger partial charge in [0.25, 0.3) is 0 Å². The van der Waals surface area contributed by atoms with E-state index in [-0.39, 0.29) is 0 Å². The van der Waals surface area contributed by atoms with Crippen molar-refractivity contribution in [2.45, 2.75) is 66.0 Å². The van der Waals surface area contributed by atoms with Crippen molar-refractivity contribution in [1.82, 2.24) is 10.2 Å². The number of nitrogens with one attached hydrogen (secondary N) is 1. The summed E-state index contributed by atoms with van der Waals surface area (Å²) in [4.78, 5) is 2.63. The first kappa shape index (κ1) is 14.0. The molecule has 2 heteroatoms. The molecule has 2 unspecified atom stereocenters. The summed E-state index contributed by atoms with van der Waals surface area (Å²) in [5.41, 5.74) is 0.527. The quantitative estimate of drug-likeness (QED) is 0.775. The summed E-state index contributed by atoms with van der Waals surface area (Å²) in [5, 5.41) is 3.68. The summed E-state index contributed by atoms with van der Waals surface area (Å²) in [6.45, 7) is 15.1. The maximum absolute atomic E-state index is 3.68. The molecule has 1 fully saturated rings. The van der Waals surface area contributed by atoms with Gasteiger partial charge in [0.15, 0.2) is 0 Å². The zero-order chi connectivity index (χ0) is 12.2. The van der Waals surface area contributed by atoms with Gasteiger partial charge in [-0.05, 0) is 44.3 Å². The molecule has 1 saturated carbocycles. The molecule has 0 amide bonds. The molecule has 16 heavy (non-hydrogen) atoms. The maximum atomic E-state index is 3.68. The topological polar surface area (TPSA) is 15.3 Å². The van der Waals surface area contributed by atoms with E-state index >= 15 is 0 Å². The van der Waals surface area contributed by atoms with Crippen LogP contribution in [0.1, 0.15) is 53.9 Å². The molecule has 1 aliphatic carbocycles. The van der Waals surface area contributed by atoms with Gasteiger partial charge in [-0.25, -0.2) is 0 Å². The lowest BCUT2D eigenvalue weighted by Crippen LogP contribution is -2.54. The Morgan fingerprint density at radius 1 is 1.19 bits per heavy atom. The van der Waals surface area contributed by atoms with Crippen LogP contribution in [-0.4, -0.2) is 36.6 Å². The predicted octanol–water partition coefficient (Wildman–Crippen LogP) is 2.89. The second kappa shape index (κ2) is 6.02. The van der Waals surface area contributed by atoms with Crippen molar-refractivity contribution in [3.63, 3.8) is 0 Å². The fraction of sp³-hybridized carbons (Fsp3) is 1.00. The van der Waals surface area contributed by atoms with Crippen LogP contribution in [0.15, 0.2) is 0 Å². The third-order valence-corrected chi connectivity index (χ3v) is 4.11. The molecule has 2 nitrogen and oxygen atoms in total.